The third-order valence-corrected chi connectivity index (χ3v) is 2.48. The molecule has 0 spiro atoms. The maximum atomic E-state index is 11.1. The van der Waals surface area contributed by atoms with Crippen molar-refractivity contribution in [1.29, 1.82) is 0 Å². The Morgan fingerprint density at radius 2 is 2.11 bits per heavy atom. The van der Waals surface area contributed by atoms with Crippen LogP contribution in [0.4, 0.5) is 0 Å². The summed E-state index contributed by atoms with van der Waals surface area (Å²) in [4.78, 5) is 15.8. The highest BCUT2D eigenvalue weighted by atomic mass is 35.5. The summed E-state index contributed by atoms with van der Waals surface area (Å²) in [7, 11) is 0. The quantitative estimate of drug-likeness (QED) is 0.504. The second-order valence-electron chi connectivity index (χ2n) is 3.06. The number of nitrogens with one attached hydrogen (secondary N) is 1. The average molecular weight is 306 g/mol. The second kappa shape index (κ2) is 7.15. The lowest BCUT2D eigenvalue weighted by Gasteiger charge is -2.02. The number of hydrogen-bond donors (Lipinski definition) is 2. The summed E-state index contributed by atoms with van der Waals surface area (Å²) in [5.74, 6) is -0.495. The third-order valence-electron chi connectivity index (χ3n) is 1.71. The molecule has 0 aliphatic heterocycles. The predicted molar refractivity (Wildman–Crippen MR) is 74.9 cm³/mol. The molecule has 0 aliphatic rings. The van der Waals surface area contributed by atoms with E-state index >= 15 is 0 Å². The van der Waals surface area contributed by atoms with Gasteiger partial charge in [-0.2, -0.15) is 0 Å². The first-order chi connectivity index (χ1) is 8.50. The highest BCUT2D eigenvalue weighted by molar-refractivity contribution is 7.80. The highest BCUT2D eigenvalue weighted by Gasteiger charge is 2.03. The Morgan fingerprint density at radius 1 is 1.50 bits per heavy atom. The Labute approximate surface area is 119 Å². The SMILES string of the molecule is NC(=S)NC(=O)CO/N=C/c1c(Cl)cccc1Cl. The largest absolute Gasteiger partial charge is 0.386 e. The van der Waals surface area contributed by atoms with E-state index in [0.29, 0.717) is 15.6 Å². The molecule has 0 saturated heterocycles. The molecule has 1 amide bonds. The van der Waals surface area contributed by atoms with Gasteiger partial charge < -0.3 is 15.9 Å². The molecule has 1 aromatic carbocycles. The Kier molecular flexibility index (Phi) is 5.84. The van der Waals surface area contributed by atoms with E-state index in [-0.39, 0.29) is 11.7 Å². The van der Waals surface area contributed by atoms with Crippen molar-refractivity contribution in [2.45, 2.75) is 0 Å². The molecule has 0 bridgehead atoms. The van der Waals surface area contributed by atoms with Crippen LogP contribution in [0.5, 0.6) is 0 Å². The topological polar surface area (TPSA) is 76.7 Å². The molecular formula is C10H9Cl2N3O2S. The van der Waals surface area contributed by atoms with Crippen molar-refractivity contribution in [3.8, 4) is 0 Å². The van der Waals surface area contributed by atoms with Crippen LogP contribution in [-0.4, -0.2) is 23.8 Å². The van der Waals surface area contributed by atoms with Crippen LogP contribution in [0, 0.1) is 0 Å². The number of thiocarbonyl (C=S) groups is 1. The monoisotopic (exact) mass is 305 g/mol. The summed E-state index contributed by atoms with van der Waals surface area (Å²) < 4.78 is 0. The zero-order chi connectivity index (χ0) is 13.5. The molecule has 96 valence electrons. The van der Waals surface area contributed by atoms with Gasteiger partial charge in [0.05, 0.1) is 16.3 Å². The van der Waals surface area contributed by atoms with Crippen molar-refractivity contribution in [3.05, 3.63) is 33.8 Å². The first kappa shape index (κ1) is 14.7. The number of hydrogen-bond acceptors (Lipinski definition) is 4. The molecule has 18 heavy (non-hydrogen) atoms. The molecule has 0 unspecified atom stereocenters. The van der Waals surface area contributed by atoms with Crippen molar-refractivity contribution in [3.63, 3.8) is 0 Å². The number of nitrogens with two attached hydrogens (primary N) is 1. The van der Waals surface area contributed by atoms with E-state index in [1.165, 1.54) is 6.21 Å². The predicted octanol–water partition coefficient (Wildman–Crippen LogP) is 1.70. The number of halogens is 2. The van der Waals surface area contributed by atoms with Gasteiger partial charge in [0.15, 0.2) is 11.7 Å². The van der Waals surface area contributed by atoms with Gasteiger partial charge in [0.1, 0.15) is 0 Å². The van der Waals surface area contributed by atoms with Crippen LogP contribution < -0.4 is 11.1 Å². The maximum Gasteiger partial charge on any atom is 0.266 e. The van der Waals surface area contributed by atoms with Gasteiger partial charge in [-0.3, -0.25) is 4.79 Å². The molecule has 8 heteroatoms. The minimum absolute atomic E-state index is 0.123. The molecule has 0 radical (unpaired) electrons. The number of carbonyl (C=O) groups excluding carboxylic acids is 1. The molecule has 1 rings (SSSR count). The van der Waals surface area contributed by atoms with Crippen LogP contribution in [0.1, 0.15) is 5.56 Å². The first-order valence-corrected chi connectivity index (χ1v) is 5.85. The summed E-state index contributed by atoms with van der Waals surface area (Å²) in [6.07, 6.45) is 1.32. The van der Waals surface area contributed by atoms with Crippen molar-refractivity contribution in [2.75, 3.05) is 6.61 Å². The molecule has 0 heterocycles. The zero-order valence-corrected chi connectivity index (χ0v) is 11.4. The van der Waals surface area contributed by atoms with E-state index in [2.05, 4.69) is 22.7 Å². The van der Waals surface area contributed by atoms with Crippen molar-refractivity contribution in [2.24, 2.45) is 10.9 Å². The van der Waals surface area contributed by atoms with Crippen LogP contribution in [0.15, 0.2) is 23.4 Å². The van der Waals surface area contributed by atoms with Crippen molar-refractivity contribution >= 4 is 52.7 Å². The van der Waals surface area contributed by atoms with Gasteiger partial charge in [-0.25, -0.2) is 0 Å². The first-order valence-electron chi connectivity index (χ1n) is 4.69. The van der Waals surface area contributed by atoms with E-state index in [9.17, 15) is 4.79 Å². The molecule has 0 aromatic heterocycles. The molecular weight excluding hydrogens is 297 g/mol. The number of rotatable bonds is 4. The fraction of sp³-hybridized carbons (Fsp3) is 0.100. The van der Waals surface area contributed by atoms with Crippen LogP contribution in [0.3, 0.4) is 0 Å². The lowest BCUT2D eigenvalue weighted by molar-refractivity contribution is -0.124. The summed E-state index contributed by atoms with van der Waals surface area (Å²) in [5, 5.41) is 6.50. The van der Waals surface area contributed by atoms with Gasteiger partial charge in [0.25, 0.3) is 5.91 Å². The molecule has 0 aliphatic carbocycles. The molecule has 0 atom stereocenters. The average Bonchev–Trinajstić information content (AvgIpc) is 2.26. The summed E-state index contributed by atoms with van der Waals surface area (Å²) in [6.45, 7) is -0.310. The third kappa shape index (κ3) is 4.87. The van der Waals surface area contributed by atoms with Crippen LogP contribution in [0.25, 0.3) is 0 Å². The van der Waals surface area contributed by atoms with Crippen molar-refractivity contribution in [1.82, 2.24) is 5.32 Å². The number of carbonyl (C=O) groups is 1. The Balaban J connectivity index is 2.51. The van der Waals surface area contributed by atoms with E-state index in [1.54, 1.807) is 18.2 Å². The number of amides is 1. The van der Waals surface area contributed by atoms with E-state index < -0.39 is 5.91 Å². The van der Waals surface area contributed by atoms with Crippen LogP contribution in [0.2, 0.25) is 10.0 Å². The lowest BCUT2D eigenvalue weighted by Crippen LogP contribution is -2.36. The lowest BCUT2D eigenvalue weighted by atomic mass is 10.2. The van der Waals surface area contributed by atoms with Crippen molar-refractivity contribution < 1.29 is 9.63 Å². The fourth-order valence-corrected chi connectivity index (χ4v) is 1.60. The van der Waals surface area contributed by atoms with Gasteiger partial charge in [0.2, 0.25) is 0 Å². The summed E-state index contributed by atoms with van der Waals surface area (Å²) in [5.41, 5.74) is 5.61. The molecule has 1 aromatic rings. The van der Waals surface area contributed by atoms with Gasteiger partial charge in [0, 0.05) is 5.56 Å². The van der Waals surface area contributed by atoms with E-state index in [0.717, 1.165) is 0 Å². The minimum atomic E-state index is -0.495. The Bertz CT molecular complexity index is 474. The Morgan fingerprint density at radius 3 is 2.67 bits per heavy atom. The smallest absolute Gasteiger partial charge is 0.266 e. The molecule has 0 fully saturated rings. The highest BCUT2D eigenvalue weighted by Crippen LogP contribution is 2.22. The van der Waals surface area contributed by atoms with Crippen LogP contribution in [-0.2, 0) is 9.63 Å². The maximum absolute atomic E-state index is 11.1. The van der Waals surface area contributed by atoms with Gasteiger partial charge in [-0.15, -0.1) is 0 Å². The fourth-order valence-electron chi connectivity index (χ4n) is 0.993. The number of nitrogens with zero attached hydrogens (tertiary/aromatic N) is 1. The van der Waals surface area contributed by atoms with Gasteiger partial charge in [-0.1, -0.05) is 34.4 Å². The standard InChI is InChI=1S/C10H9Cl2N3O2S/c11-7-2-1-3-8(12)6(7)4-14-17-5-9(16)15-10(13)18/h1-4H,5H2,(H3,13,15,16,18)/b14-4+. The van der Waals surface area contributed by atoms with E-state index in [1.807, 2.05) is 0 Å². The van der Waals surface area contributed by atoms with Gasteiger partial charge in [-0.05, 0) is 24.4 Å². The molecule has 5 nitrogen and oxygen atoms in total. The number of benzene rings is 1. The summed E-state index contributed by atoms with van der Waals surface area (Å²) >= 11 is 16.3. The van der Waals surface area contributed by atoms with E-state index in [4.69, 9.17) is 33.8 Å². The normalized spacial score (nSPS) is 10.3. The zero-order valence-electron chi connectivity index (χ0n) is 9.02. The second-order valence-corrected chi connectivity index (χ2v) is 4.31. The Hall–Kier alpha value is -1.37. The summed E-state index contributed by atoms with van der Waals surface area (Å²) in [6, 6.07) is 5.03. The molecule has 3 N–H and O–H groups in total. The molecule has 0 saturated carbocycles. The van der Waals surface area contributed by atoms with Crippen LogP contribution >= 0.6 is 35.4 Å². The van der Waals surface area contributed by atoms with Gasteiger partial charge >= 0.3 is 0 Å². The minimum Gasteiger partial charge on any atom is -0.386 e. The number of oxime groups is 1.